The number of primary amides is 1. The molecule has 1 saturated heterocycles. The van der Waals surface area contributed by atoms with E-state index in [0.717, 1.165) is 12.3 Å². The predicted molar refractivity (Wildman–Crippen MR) is 105 cm³/mol. The molecule has 2 aromatic rings. The predicted octanol–water partition coefficient (Wildman–Crippen LogP) is 2.81. The van der Waals surface area contributed by atoms with E-state index in [9.17, 15) is 22.8 Å². The number of halogens is 4. The van der Waals surface area contributed by atoms with Crippen molar-refractivity contribution < 1.29 is 22.8 Å². The molecule has 3 rings (SSSR count). The van der Waals surface area contributed by atoms with Crippen molar-refractivity contribution in [3.8, 4) is 0 Å². The third-order valence-corrected chi connectivity index (χ3v) is 4.98. The molecule has 1 atom stereocenters. The van der Waals surface area contributed by atoms with Crippen molar-refractivity contribution in [2.45, 2.75) is 12.2 Å². The zero-order chi connectivity index (χ0) is 21.9. The Morgan fingerprint density at radius 3 is 2.30 bits per heavy atom. The molecule has 0 aliphatic carbocycles. The fraction of sp³-hybridized carbons (Fsp3) is 0.316. The number of nitrogens with zero attached hydrogens (tertiary/aromatic N) is 3. The van der Waals surface area contributed by atoms with Gasteiger partial charge in [-0.2, -0.15) is 13.2 Å². The molecular weight excluding hydrogens is 423 g/mol. The zero-order valence-corrected chi connectivity index (χ0v) is 16.5. The number of aromatic nitrogens is 1. The van der Waals surface area contributed by atoms with Crippen LogP contribution in [0.25, 0.3) is 0 Å². The molecule has 1 aliphatic rings. The summed E-state index contributed by atoms with van der Waals surface area (Å²) in [6, 6.07) is 7.78. The first kappa shape index (κ1) is 21.7. The van der Waals surface area contributed by atoms with Crippen LogP contribution >= 0.6 is 11.6 Å². The Kier molecular flexibility index (Phi) is 6.35. The van der Waals surface area contributed by atoms with Gasteiger partial charge in [0.15, 0.2) is 0 Å². The Hall–Kier alpha value is -3.01. The Labute approximate surface area is 175 Å². The molecule has 160 valence electrons. The van der Waals surface area contributed by atoms with Gasteiger partial charge in [0.1, 0.15) is 11.9 Å². The van der Waals surface area contributed by atoms with Gasteiger partial charge < -0.3 is 20.9 Å². The van der Waals surface area contributed by atoms with E-state index in [1.807, 2.05) is 0 Å². The van der Waals surface area contributed by atoms with Gasteiger partial charge in [0, 0.05) is 32.4 Å². The number of nitrogens with two attached hydrogens (primary N) is 1. The lowest BCUT2D eigenvalue weighted by Gasteiger charge is -2.37. The van der Waals surface area contributed by atoms with Crippen LogP contribution in [0.5, 0.6) is 0 Å². The molecule has 3 N–H and O–H groups in total. The maximum atomic E-state index is 13.0. The number of urea groups is 1. The summed E-state index contributed by atoms with van der Waals surface area (Å²) in [5, 5.41) is 2.35. The Bertz CT molecular complexity index is 918. The largest absolute Gasteiger partial charge is 0.417 e. The molecule has 1 aliphatic heterocycles. The van der Waals surface area contributed by atoms with E-state index in [1.165, 1.54) is 0 Å². The molecule has 7 nitrogen and oxygen atoms in total. The molecule has 0 radical (unpaired) electrons. The monoisotopic (exact) mass is 441 g/mol. The number of carbonyl (C=O) groups is 2. The number of alkyl halides is 3. The van der Waals surface area contributed by atoms with Gasteiger partial charge in [-0.15, -0.1) is 0 Å². The van der Waals surface area contributed by atoms with Crippen LogP contribution in [-0.2, 0) is 11.0 Å². The highest BCUT2D eigenvalue weighted by Crippen LogP contribution is 2.33. The van der Waals surface area contributed by atoms with E-state index in [-0.39, 0.29) is 29.8 Å². The lowest BCUT2D eigenvalue weighted by molar-refractivity contribution is -0.138. The number of benzene rings is 1. The summed E-state index contributed by atoms with van der Waals surface area (Å²) >= 11 is 6.01. The zero-order valence-electron chi connectivity index (χ0n) is 15.7. The average molecular weight is 442 g/mol. The summed E-state index contributed by atoms with van der Waals surface area (Å²) in [4.78, 5) is 31.5. The van der Waals surface area contributed by atoms with Crippen molar-refractivity contribution >= 4 is 29.4 Å². The van der Waals surface area contributed by atoms with Crippen molar-refractivity contribution in [2.24, 2.45) is 5.73 Å². The number of pyridine rings is 1. The van der Waals surface area contributed by atoms with Gasteiger partial charge >= 0.3 is 12.2 Å². The fourth-order valence-electron chi connectivity index (χ4n) is 3.22. The molecule has 1 fully saturated rings. The highest BCUT2D eigenvalue weighted by Gasteiger charge is 2.33. The normalized spacial score (nSPS) is 15.6. The molecule has 1 aromatic heterocycles. The second-order valence-corrected chi connectivity index (χ2v) is 7.10. The minimum Gasteiger partial charge on any atom is -0.352 e. The first-order valence-corrected chi connectivity index (χ1v) is 9.42. The SMILES string of the molecule is NC(=O)NC(C(=O)N1CCN(c2ncc(C(F)(F)F)cc2Cl)CC1)c1ccccc1. The van der Waals surface area contributed by atoms with Gasteiger partial charge in [-0.05, 0) is 11.6 Å². The smallest absolute Gasteiger partial charge is 0.352 e. The van der Waals surface area contributed by atoms with Crippen LogP contribution in [0, 0.1) is 0 Å². The van der Waals surface area contributed by atoms with Crippen molar-refractivity contribution in [1.29, 1.82) is 0 Å². The topological polar surface area (TPSA) is 91.6 Å². The van der Waals surface area contributed by atoms with Gasteiger partial charge in [-0.3, -0.25) is 4.79 Å². The molecule has 0 spiro atoms. The number of hydrogen-bond acceptors (Lipinski definition) is 4. The number of carbonyl (C=O) groups excluding carboxylic acids is 2. The number of anilines is 1. The first-order valence-electron chi connectivity index (χ1n) is 9.04. The minimum atomic E-state index is -4.53. The molecule has 30 heavy (non-hydrogen) atoms. The Morgan fingerprint density at radius 1 is 1.13 bits per heavy atom. The minimum absolute atomic E-state index is 0.109. The first-order chi connectivity index (χ1) is 14.2. The van der Waals surface area contributed by atoms with E-state index < -0.39 is 23.8 Å². The second-order valence-electron chi connectivity index (χ2n) is 6.69. The van der Waals surface area contributed by atoms with E-state index in [4.69, 9.17) is 17.3 Å². The third-order valence-electron chi connectivity index (χ3n) is 4.71. The van der Waals surface area contributed by atoms with Crippen molar-refractivity contribution in [2.75, 3.05) is 31.1 Å². The van der Waals surface area contributed by atoms with Crippen molar-refractivity contribution in [3.63, 3.8) is 0 Å². The number of piperazine rings is 1. The van der Waals surface area contributed by atoms with Gasteiger partial charge in [0.05, 0.1) is 10.6 Å². The second kappa shape index (κ2) is 8.78. The Morgan fingerprint density at radius 2 is 1.77 bits per heavy atom. The number of rotatable bonds is 4. The van der Waals surface area contributed by atoms with E-state index in [2.05, 4.69) is 10.3 Å². The molecule has 11 heteroatoms. The number of nitrogens with one attached hydrogen (secondary N) is 1. The van der Waals surface area contributed by atoms with Crippen LogP contribution in [0.1, 0.15) is 17.2 Å². The summed E-state index contributed by atoms with van der Waals surface area (Å²) in [7, 11) is 0. The number of hydrogen-bond donors (Lipinski definition) is 2. The molecule has 2 heterocycles. The Balaban J connectivity index is 1.70. The highest BCUT2D eigenvalue weighted by molar-refractivity contribution is 6.33. The maximum absolute atomic E-state index is 13.0. The molecule has 0 saturated carbocycles. The van der Waals surface area contributed by atoms with Crippen molar-refractivity contribution in [1.82, 2.24) is 15.2 Å². The summed E-state index contributed by atoms with van der Waals surface area (Å²) in [5.74, 6) is -0.0993. The molecular formula is C19H19ClF3N5O2. The van der Waals surface area contributed by atoms with Crippen LogP contribution in [0.4, 0.5) is 23.8 Å². The van der Waals surface area contributed by atoms with Gasteiger partial charge in [-0.1, -0.05) is 41.9 Å². The van der Waals surface area contributed by atoms with Crippen LogP contribution in [0.3, 0.4) is 0 Å². The lowest BCUT2D eigenvalue weighted by Crippen LogP contribution is -2.52. The standard InChI is InChI=1S/C19H19ClF3N5O2/c20-14-10-13(19(21,22)23)11-25-16(14)27-6-8-28(9-7-27)17(29)15(26-18(24)30)12-4-2-1-3-5-12/h1-5,10-11,15H,6-9H2,(H3,24,26,30). The summed E-state index contributed by atoms with van der Waals surface area (Å²) in [5.41, 5.74) is 4.89. The van der Waals surface area contributed by atoms with Crippen LogP contribution < -0.4 is 16.0 Å². The van der Waals surface area contributed by atoms with Gasteiger partial charge in [0.25, 0.3) is 0 Å². The lowest BCUT2D eigenvalue weighted by atomic mass is 10.1. The molecule has 1 aromatic carbocycles. The van der Waals surface area contributed by atoms with Gasteiger partial charge in [-0.25, -0.2) is 9.78 Å². The summed E-state index contributed by atoms with van der Waals surface area (Å²) in [6.45, 7) is 1.20. The van der Waals surface area contributed by atoms with Crippen molar-refractivity contribution in [3.05, 3.63) is 58.7 Å². The number of amides is 3. The van der Waals surface area contributed by atoms with Crippen LogP contribution in [-0.4, -0.2) is 48.0 Å². The third kappa shape index (κ3) is 4.93. The quantitative estimate of drug-likeness (QED) is 0.763. The molecule has 3 amide bonds. The van der Waals surface area contributed by atoms with Crippen LogP contribution in [0.15, 0.2) is 42.6 Å². The molecule has 1 unspecified atom stereocenters. The average Bonchev–Trinajstić information content (AvgIpc) is 2.71. The van der Waals surface area contributed by atoms with E-state index in [1.54, 1.807) is 40.1 Å². The van der Waals surface area contributed by atoms with E-state index in [0.29, 0.717) is 18.7 Å². The van der Waals surface area contributed by atoms with Gasteiger partial charge in [0.2, 0.25) is 5.91 Å². The van der Waals surface area contributed by atoms with Crippen LogP contribution in [0.2, 0.25) is 5.02 Å². The maximum Gasteiger partial charge on any atom is 0.417 e. The summed E-state index contributed by atoms with van der Waals surface area (Å²) in [6.07, 6.45) is -3.79. The summed E-state index contributed by atoms with van der Waals surface area (Å²) < 4.78 is 38.4. The fourth-order valence-corrected chi connectivity index (χ4v) is 3.50. The van der Waals surface area contributed by atoms with E-state index >= 15 is 0 Å². The molecule has 0 bridgehead atoms. The highest BCUT2D eigenvalue weighted by atomic mass is 35.5.